The van der Waals surface area contributed by atoms with Gasteiger partial charge in [0.2, 0.25) is 11.8 Å². The molecule has 96 valence electrons. The molecule has 6 N–H and O–H groups in total. The van der Waals surface area contributed by atoms with Crippen molar-refractivity contribution in [2.45, 2.75) is 37.8 Å². The molecule has 1 aliphatic carbocycles. The maximum Gasteiger partial charge on any atom is 0.326 e. The number of amides is 2. The van der Waals surface area contributed by atoms with Crippen molar-refractivity contribution in [3.63, 3.8) is 0 Å². The fourth-order valence-corrected chi connectivity index (χ4v) is 1.50. The molecular formula is C10H17N3O4. The van der Waals surface area contributed by atoms with Crippen molar-refractivity contribution in [2.24, 2.45) is 17.4 Å². The van der Waals surface area contributed by atoms with Crippen molar-refractivity contribution in [3.8, 4) is 0 Å². The van der Waals surface area contributed by atoms with Gasteiger partial charge in [0.1, 0.15) is 6.04 Å². The van der Waals surface area contributed by atoms with Gasteiger partial charge in [-0.3, -0.25) is 9.59 Å². The van der Waals surface area contributed by atoms with Crippen molar-refractivity contribution < 1.29 is 19.5 Å². The number of nitrogens with two attached hydrogens (primary N) is 2. The van der Waals surface area contributed by atoms with Crippen LogP contribution in [0.2, 0.25) is 0 Å². The summed E-state index contributed by atoms with van der Waals surface area (Å²) in [5.41, 5.74) is 10.3. The van der Waals surface area contributed by atoms with Crippen LogP contribution in [0.15, 0.2) is 0 Å². The average molecular weight is 243 g/mol. The van der Waals surface area contributed by atoms with Gasteiger partial charge in [-0.2, -0.15) is 0 Å². The Morgan fingerprint density at radius 3 is 2.35 bits per heavy atom. The summed E-state index contributed by atoms with van der Waals surface area (Å²) in [6.07, 6.45) is 2.10. The highest BCUT2D eigenvalue weighted by molar-refractivity contribution is 5.90. The lowest BCUT2D eigenvalue weighted by Gasteiger charge is -2.16. The van der Waals surface area contributed by atoms with E-state index in [9.17, 15) is 14.4 Å². The first kappa shape index (κ1) is 13.4. The minimum absolute atomic E-state index is 0.290. The molecule has 0 aliphatic heterocycles. The molecule has 1 saturated carbocycles. The highest BCUT2D eigenvalue weighted by Crippen LogP contribution is 2.33. The van der Waals surface area contributed by atoms with Gasteiger partial charge in [-0.15, -0.1) is 0 Å². The largest absolute Gasteiger partial charge is 0.480 e. The molecule has 1 unspecified atom stereocenters. The molecule has 1 rings (SSSR count). The van der Waals surface area contributed by atoms with Crippen LogP contribution >= 0.6 is 0 Å². The zero-order valence-corrected chi connectivity index (χ0v) is 9.39. The van der Waals surface area contributed by atoms with E-state index in [-0.39, 0.29) is 6.42 Å². The van der Waals surface area contributed by atoms with Gasteiger partial charge in [0.15, 0.2) is 0 Å². The summed E-state index contributed by atoms with van der Waals surface area (Å²) in [7, 11) is 0. The molecule has 1 fully saturated rings. The highest BCUT2D eigenvalue weighted by Gasteiger charge is 2.31. The number of hydrogen-bond donors (Lipinski definition) is 4. The molecule has 7 heteroatoms. The SMILES string of the molecule is NC(=O)CC(N)C(=O)N[C@@H](CC1CC1)C(=O)O. The third-order valence-corrected chi connectivity index (χ3v) is 2.64. The maximum absolute atomic E-state index is 11.5. The summed E-state index contributed by atoms with van der Waals surface area (Å²) in [4.78, 5) is 33.0. The van der Waals surface area contributed by atoms with Crippen LogP contribution in [0.4, 0.5) is 0 Å². The molecule has 0 bridgehead atoms. The van der Waals surface area contributed by atoms with Crippen LogP contribution in [-0.4, -0.2) is 35.0 Å². The van der Waals surface area contributed by atoms with E-state index < -0.39 is 29.9 Å². The molecule has 0 saturated heterocycles. The average Bonchev–Trinajstić information content (AvgIpc) is 2.99. The number of carbonyl (C=O) groups is 3. The van der Waals surface area contributed by atoms with Crippen molar-refractivity contribution in [2.75, 3.05) is 0 Å². The molecule has 0 heterocycles. The molecule has 7 nitrogen and oxygen atoms in total. The highest BCUT2D eigenvalue weighted by atomic mass is 16.4. The molecular weight excluding hydrogens is 226 g/mol. The minimum atomic E-state index is -1.09. The van der Waals surface area contributed by atoms with Gasteiger partial charge in [0.05, 0.1) is 12.5 Å². The van der Waals surface area contributed by atoms with Crippen LogP contribution < -0.4 is 16.8 Å². The molecule has 17 heavy (non-hydrogen) atoms. The zero-order chi connectivity index (χ0) is 13.0. The fraction of sp³-hybridized carbons (Fsp3) is 0.700. The number of aliphatic carboxylic acids is 1. The topological polar surface area (TPSA) is 136 Å². The van der Waals surface area contributed by atoms with Gasteiger partial charge < -0.3 is 21.9 Å². The van der Waals surface area contributed by atoms with Crippen molar-refractivity contribution in [1.82, 2.24) is 5.32 Å². The lowest BCUT2D eigenvalue weighted by molar-refractivity contribution is -0.142. The standard InChI is InChI=1S/C10H17N3O4/c11-6(4-8(12)14)9(15)13-7(10(16)17)3-5-1-2-5/h5-7H,1-4,11H2,(H2,12,14)(H,13,15)(H,16,17)/t6?,7-/m0/s1. The van der Waals surface area contributed by atoms with E-state index in [1.165, 1.54) is 0 Å². The van der Waals surface area contributed by atoms with Crippen LogP contribution in [0.5, 0.6) is 0 Å². The van der Waals surface area contributed by atoms with E-state index >= 15 is 0 Å². The van der Waals surface area contributed by atoms with Gasteiger partial charge in [0, 0.05) is 0 Å². The Labute approximate surface area is 98.5 Å². The van der Waals surface area contributed by atoms with Gasteiger partial charge in [-0.05, 0) is 12.3 Å². The number of hydrogen-bond acceptors (Lipinski definition) is 4. The lowest BCUT2D eigenvalue weighted by Crippen LogP contribution is -2.49. The van der Waals surface area contributed by atoms with E-state index in [1.807, 2.05) is 0 Å². The number of carbonyl (C=O) groups excluding carboxylic acids is 2. The van der Waals surface area contributed by atoms with Crippen molar-refractivity contribution in [1.29, 1.82) is 0 Å². The third-order valence-electron chi connectivity index (χ3n) is 2.64. The van der Waals surface area contributed by atoms with Crippen LogP contribution in [0, 0.1) is 5.92 Å². The second-order valence-electron chi connectivity index (χ2n) is 4.36. The Kier molecular flexibility index (Phi) is 4.45. The van der Waals surface area contributed by atoms with E-state index in [0.717, 1.165) is 12.8 Å². The van der Waals surface area contributed by atoms with Gasteiger partial charge in [-0.25, -0.2) is 4.79 Å². The number of primary amides is 1. The Balaban J connectivity index is 2.44. The van der Waals surface area contributed by atoms with E-state index in [1.54, 1.807) is 0 Å². The summed E-state index contributed by atoms with van der Waals surface area (Å²) in [5, 5.41) is 11.2. The molecule has 2 amide bonds. The fourth-order valence-electron chi connectivity index (χ4n) is 1.50. The van der Waals surface area contributed by atoms with Crippen LogP contribution in [0.3, 0.4) is 0 Å². The van der Waals surface area contributed by atoms with Crippen molar-refractivity contribution in [3.05, 3.63) is 0 Å². The predicted molar refractivity (Wildman–Crippen MR) is 58.7 cm³/mol. The first-order chi connectivity index (χ1) is 7.90. The number of carboxylic acids is 1. The van der Waals surface area contributed by atoms with E-state index in [2.05, 4.69) is 5.32 Å². The van der Waals surface area contributed by atoms with Crippen molar-refractivity contribution >= 4 is 17.8 Å². The van der Waals surface area contributed by atoms with Crippen LogP contribution in [0.25, 0.3) is 0 Å². The Bertz CT molecular complexity index is 328. The Hall–Kier alpha value is -1.63. The Morgan fingerprint density at radius 2 is 1.94 bits per heavy atom. The number of rotatable bonds is 7. The molecule has 0 aromatic rings. The summed E-state index contributed by atoms with van der Waals surface area (Å²) in [6.45, 7) is 0. The first-order valence-electron chi connectivity index (χ1n) is 5.47. The normalized spacial score (nSPS) is 18.2. The quantitative estimate of drug-likeness (QED) is 0.434. The zero-order valence-electron chi connectivity index (χ0n) is 9.39. The summed E-state index contributed by atoms with van der Waals surface area (Å²) in [6, 6.07) is -2.03. The molecule has 1 aliphatic rings. The maximum atomic E-state index is 11.5. The summed E-state index contributed by atoms with van der Waals surface area (Å²) in [5.74, 6) is -2.07. The minimum Gasteiger partial charge on any atom is -0.480 e. The second-order valence-corrected chi connectivity index (χ2v) is 4.36. The number of nitrogens with one attached hydrogen (secondary N) is 1. The van der Waals surface area contributed by atoms with Crippen LogP contribution in [-0.2, 0) is 14.4 Å². The van der Waals surface area contributed by atoms with Crippen LogP contribution in [0.1, 0.15) is 25.7 Å². The summed E-state index contributed by atoms with van der Waals surface area (Å²) >= 11 is 0. The van der Waals surface area contributed by atoms with Gasteiger partial charge >= 0.3 is 5.97 Å². The lowest BCUT2D eigenvalue weighted by atomic mass is 10.1. The van der Waals surface area contributed by atoms with Gasteiger partial charge in [0.25, 0.3) is 0 Å². The monoisotopic (exact) mass is 243 g/mol. The van der Waals surface area contributed by atoms with E-state index in [4.69, 9.17) is 16.6 Å². The molecule has 0 radical (unpaired) electrons. The predicted octanol–water partition coefficient (Wildman–Crippen LogP) is -1.44. The molecule has 0 aromatic carbocycles. The molecule has 2 atom stereocenters. The van der Waals surface area contributed by atoms with E-state index in [0.29, 0.717) is 12.3 Å². The Morgan fingerprint density at radius 1 is 1.35 bits per heavy atom. The second kappa shape index (κ2) is 5.62. The third kappa shape index (κ3) is 4.81. The first-order valence-corrected chi connectivity index (χ1v) is 5.47. The summed E-state index contributed by atoms with van der Waals surface area (Å²) < 4.78 is 0. The smallest absolute Gasteiger partial charge is 0.326 e. The molecule has 0 spiro atoms. The molecule has 0 aromatic heterocycles. The number of carboxylic acid groups (broad SMARTS) is 1. The van der Waals surface area contributed by atoms with Gasteiger partial charge in [-0.1, -0.05) is 12.8 Å².